The first kappa shape index (κ1) is 11.3. The zero-order chi connectivity index (χ0) is 11.5. The van der Waals surface area contributed by atoms with Crippen LogP contribution < -0.4 is 5.32 Å². The molecule has 0 spiro atoms. The van der Waals surface area contributed by atoms with E-state index >= 15 is 0 Å². The Labute approximate surface area is 93.3 Å². The number of hydrogen-bond donors (Lipinski definition) is 2. The number of rotatable bonds is 2. The smallest absolute Gasteiger partial charge is 0.149 e. The van der Waals surface area contributed by atoms with Crippen LogP contribution in [0.2, 0.25) is 0 Å². The van der Waals surface area contributed by atoms with Gasteiger partial charge in [0.05, 0.1) is 12.1 Å². The number of benzene rings is 1. The van der Waals surface area contributed by atoms with Crippen molar-refractivity contribution in [2.24, 2.45) is 0 Å². The summed E-state index contributed by atoms with van der Waals surface area (Å²) in [5.74, 6) is -1.23. The molecule has 88 valence electrons. The van der Waals surface area contributed by atoms with Crippen molar-refractivity contribution in [2.45, 2.75) is 37.8 Å². The number of halogens is 2. The third kappa shape index (κ3) is 2.32. The first-order valence-electron chi connectivity index (χ1n) is 5.57. The van der Waals surface area contributed by atoms with Crippen LogP contribution in [-0.4, -0.2) is 17.3 Å². The predicted molar refractivity (Wildman–Crippen MR) is 58.2 cm³/mol. The number of hydrogen-bond acceptors (Lipinski definition) is 2. The molecule has 1 aromatic rings. The topological polar surface area (TPSA) is 32.3 Å². The summed E-state index contributed by atoms with van der Waals surface area (Å²) in [5, 5.41) is 12.5. The Morgan fingerprint density at radius 1 is 1.12 bits per heavy atom. The summed E-state index contributed by atoms with van der Waals surface area (Å²) in [4.78, 5) is 0. The maximum Gasteiger partial charge on any atom is 0.149 e. The molecule has 0 heterocycles. The fourth-order valence-electron chi connectivity index (χ4n) is 2.10. The van der Waals surface area contributed by atoms with Gasteiger partial charge in [-0.3, -0.25) is 0 Å². The van der Waals surface area contributed by atoms with Gasteiger partial charge >= 0.3 is 0 Å². The van der Waals surface area contributed by atoms with Crippen molar-refractivity contribution < 1.29 is 13.9 Å². The Bertz CT molecular complexity index is 350. The van der Waals surface area contributed by atoms with Crippen molar-refractivity contribution in [2.75, 3.05) is 5.32 Å². The van der Waals surface area contributed by atoms with Gasteiger partial charge in [0.25, 0.3) is 0 Å². The van der Waals surface area contributed by atoms with Crippen LogP contribution in [0.1, 0.15) is 25.7 Å². The molecule has 1 fully saturated rings. The predicted octanol–water partition coefficient (Wildman–Crippen LogP) is 2.68. The highest BCUT2D eigenvalue weighted by atomic mass is 19.1. The van der Waals surface area contributed by atoms with E-state index in [4.69, 9.17) is 0 Å². The molecule has 0 saturated heterocycles. The zero-order valence-corrected chi connectivity index (χ0v) is 8.92. The number of anilines is 1. The molecule has 2 N–H and O–H groups in total. The molecular weight excluding hydrogens is 212 g/mol. The van der Waals surface area contributed by atoms with E-state index in [9.17, 15) is 13.9 Å². The number of aliphatic hydroxyl groups is 1. The highest BCUT2D eigenvalue weighted by Crippen LogP contribution is 2.25. The summed E-state index contributed by atoms with van der Waals surface area (Å²) in [5.41, 5.74) is -0.131. The molecule has 2 rings (SSSR count). The SMILES string of the molecule is OC1CCCCC1Nc1c(F)cccc1F. The molecule has 0 aliphatic heterocycles. The van der Waals surface area contributed by atoms with E-state index in [1.165, 1.54) is 18.2 Å². The molecule has 1 aliphatic carbocycles. The Morgan fingerprint density at radius 3 is 2.38 bits per heavy atom. The van der Waals surface area contributed by atoms with Gasteiger partial charge in [-0.15, -0.1) is 0 Å². The normalized spacial score (nSPS) is 25.4. The van der Waals surface area contributed by atoms with Gasteiger partial charge in [0.15, 0.2) is 0 Å². The van der Waals surface area contributed by atoms with E-state index in [-0.39, 0.29) is 11.7 Å². The van der Waals surface area contributed by atoms with Gasteiger partial charge in [-0.2, -0.15) is 0 Å². The van der Waals surface area contributed by atoms with Crippen molar-refractivity contribution in [3.8, 4) is 0 Å². The van der Waals surface area contributed by atoms with Crippen molar-refractivity contribution in [3.63, 3.8) is 0 Å². The Kier molecular flexibility index (Phi) is 3.39. The highest BCUT2D eigenvalue weighted by molar-refractivity contribution is 5.47. The van der Waals surface area contributed by atoms with Crippen LogP contribution in [0, 0.1) is 11.6 Å². The first-order valence-corrected chi connectivity index (χ1v) is 5.57. The monoisotopic (exact) mass is 227 g/mol. The van der Waals surface area contributed by atoms with Gasteiger partial charge in [0.1, 0.15) is 17.3 Å². The molecule has 2 nitrogen and oxygen atoms in total. The Morgan fingerprint density at radius 2 is 1.75 bits per heavy atom. The molecule has 0 amide bonds. The summed E-state index contributed by atoms with van der Waals surface area (Å²) < 4.78 is 26.7. The number of para-hydroxylation sites is 1. The summed E-state index contributed by atoms with van der Waals surface area (Å²) in [6.45, 7) is 0. The van der Waals surface area contributed by atoms with Crippen LogP contribution >= 0.6 is 0 Å². The van der Waals surface area contributed by atoms with Gasteiger partial charge in [0, 0.05) is 0 Å². The second-order valence-corrected chi connectivity index (χ2v) is 4.20. The second kappa shape index (κ2) is 4.78. The molecule has 16 heavy (non-hydrogen) atoms. The molecule has 1 aliphatic rings. The largest absolute Gasteiger partial charge is 0.391 e. The minimum absolute atomic E-state index is 0.131. The van der Waals surface area contributed by atoms with Crippen molar-refractivity contribution in [3.05, 3.63) is 29.8 Å². The maximum atomic E-state index is 13.3. The van der Waals surface area contributed by atoms with Gasteiger partial charge < -0.3 is 10.4 Å². The second-order valence-electron chi connectivity index (χ2n) is 4.20. The minimum Gasteiger partial charge on any atom is -0.391 e. The summed E-state index contributed by atoms with van der Waals surface area (Å²) in [6.07, 6.45) is 2.86. The van der Waals surface area contributed by atoms with Crippen LogP contribution in [0.4, 0.5) is 14.5 Å². The minimum atomic E-state index is -0.613. The van der Waals surface area contributed by atoms with Crippen LogP contribution in [0.3, 0.4) is 0 Å². The van der Waals surface area contributed by atoms with E-state index in [2.05, 4.69) is 5.32 Å². The fraction of sp³-hybridized carbons (Fsp3) is 0.500. The van der Waals surface area contributed by atoms with Crippen molar-refractivity contribution in [1.82, 2.24) is 0 Å². The van der Waals surface area contributed by atoms with E-state index in [1.807, 2.05) is 0 Å². The molecule has 0 radical (unpaired) electrons. The van der Waals surface area contributed by atoms with E-state index < -0.39 is 17.7 Å². The zero-order valence-electron chi connectivity index (χ0n) is 8.92. The third-order valence-electron chi connectivity index (χ3n) is 3.02. The third-order valence-corrected chi connectivity index (χ3v) is 3.02. The summed E-state index contributed by atoms with van der Waals surface area (Å²) in [7, 11) is 0. The lowest BCUT2D eigenvalue weighted by Gasteiger charge is -2.29. The average molecular weight is 227 g/mol. The Hall–Kier alpha value is -1.16. The molecule has 1 aromatic carbocycles. The lowest BCUT2D eigenvalue weighted by molar-refractivity contribution is 0.116. The quantitative estimate of drug-likeness (QED) is 0.814. The van der Waals surface area contributed by atoms with E-state index in [0.717, 1.165) is 19.3 Å². The van der Waals surface area contributed by atoms with Crippen molar-refractivity contribution >= 4 is 5.69 Å². The molecule has 2 unspecified atom stereocenters. The average Bonchev–Trinajstić information content (AvgIpc) is 2.26. The van der Waals surface area contributed by atoms with Gasteiger partial charge in [-0.05, 0) is 25.0 Å². The lowest BCUT2D eigenvalue weighted by atomic mass is 9.92. The molecule has 1 saturated carbocycles. The van der Waals surface area contributed by atoms with Crippen LogP contribution in [0.15, 0.2) is 18.2 Å². The number of nitrogens with one attached hydrogen (secondary N) is 1. The molecule has 4 heteroatoms. The molecule has 0 bridgehead atoms. The summed E-state index contributed by atoms with van der Waals surface area (Å²) >= 11 is 0. The van der Waals surface area contributed by atoms with Crippen LogP contribution in [0.5, 0.6) is 0 Å². The Balaban J connectivity index is 2.13. The van der Waals surface area contributed by atoms with Gasteiger partial charge in [-0.1, -0.05) is 18.9 Å². The number of aliphatic hydroxyl groups excluding tert-OH is 1. The molecule has 2 atom stereocenters. The van der Waals surface area contributed by atoms with E-state index in [1.54, 1.807) is 0 Å². The van der Waals surface area contributed by atoms with Crippen molar-refractivity contribution in [1.29, 1.82) is 0 Å². The van der Waals surface area contributed by atoms with E-state index in [0.29, 0.717) is 6.42 Å². The fourth-order valence-corrected chi connectivity index (χ4v) is 2.10. The van der Waals surface area contributed by atoms with Crippen LogP contribution in [-0.2, 0) is 0 Å². The maximum absolute atomic E-state index is 13.3. The van der Waals surface area contributed by atoms with Gasteiger partial charge in [-0.25, -0.2) is 8.78 Å². The highest BCUT2D eigenvalue weighted by Gasteiger charge is 2.24. The van der Waals surface area contributed by atoms with Crippen LogP contribution in [0.25, 0.3) is 0 Å². The standard InChI is InChI=1S/C12H15F2NO/c13-8-4-3-5-9(14)12(8)15-10-6-1-2-7-11(10)16/h3-5,10-11,15-16H,1-2,6-7H2. The molecule has 0 aromatic heterocycles. The first-order chi connectivity index (χ1) is 7.68. The molecular formula is C12H15F2NO. The lowest BCUT2D eigenvalue weighted by Crippen LogP contribution is -2.36. The van der Waals surface area contributed by atoms with Gasteiger partial charge in [0.2, 0.25) is 0 Å². The summed E-state index contributed by atoms with van der Waals surface area (Å²) in [6, 6.07) is 3.49.